The van der Waals surface area contributed by atoms with Gasteiger partial charge in [0, 0.05) is 31.0 Å². The van der Waals surface area contributed by atoms with Crippen LogP contribution in [0.2, 0.25) is 0 Å². The summed E-state index contributed by atoms with van der Waals surface area (Å²) in [5.74, 6) is 3.01. The molecule has 0 aliphatic heterocycles. The van der Waals surface area contributed by atoms with E-state index in [-0.39, 0.29) is 0 Å². The van der Waals surface area contributed by atoms with Crippen molar-refractivity contribution < 1.29 is 0 Å². The first-order chi connectivity index (χ1) is 10.1. The van der Waals surface area contributed by atoms with Crippen LogP contribution in [0.4, 0.5) is 11.6 Å². The summed E-state index contributed by atoms with van der Waals surface area (Å²) in [6.07, 6.45) is 1.07. The summed E-state index contributed by atoms with van der Waals surface area (Å²) in [5.41, 5.74) is 2.92. The fourth-order valence-corrected chi connectivity index (χ4v) is 2.44. The fraction of sp³-hybridized carbons (Fsp3) is 0.533. The third-order valence-electron chi connectivity index (χ3n) is 3.08. The quantitative estimate of drug-likeness (QED) is 0.848. The van der Waals surface area contributed by atoms with Crippen molar-refractivity contribution in [1.82, 2.24) is 15.0 Å². The number of anilines is 2. The Balaban J connectivity index is 2.21. The van der Waals surface area contributed by atoms with Crippen molar-refractivity contribution >= 4 is 23.0 Å². The lowest BCUT2D eigenvalue weighted by Crippen LogP contribution is -2.19. The van der Waals surface area contributed by atoms with E-state index in [1.807, 2.05) is 18.6 Å². The normalized spacial score (nSPS) is 10.9. The molecule has 114 valence electrons. The molecule has 2 aromatic rings. The maximum absolute atomic E-state index is 4.67. The Hall–Kier alpha value is -1.69. The molecule has 0 radical (unpaired) electrons. The minimum atomic E-state index is 0.305. The molecule has 0 spiro atoms. The lowest BCUT2D eigenvalue weighted by molar-refractivity contribution is 0.760. The van der Waals surface area contributed by atoms with E-state index >= 15 is 0 Å². The summed E-state index contributed by atoms with van der Waals surface area (Å²) in [7, 11) is 2.04. The summed E-state index contributed by atoms with van der Waals surface area (Å²) < 4.78 is 0. The van der Waals surface area contributed by atoms with Gasteiger partial charge in [0.15, 0.2) is 0 Å². The number of rotatable bonds is 7. The summed E-state index contributed by atoms with van der Waals surface area (Å²) in [6, 6.07) is 2.01. The van der Waals surface area contributed by atoms with Gasteiger partial charge in [0.25, 0.3) is 0 Å². The third kappa shape index (κ3) is 4.39. The van der Waals surface area contributed by atoms with Crippen molar-refractivity contribution in [2.45, 2.75) is 39.7 Å². The van der Waals surface area contributed by atoms with Crippen LogP contribution in [0.15, 0.2) is 17.0 Å². The second-order valence-electron chi connectivity index (χ2n) is 5.39. The van der Waals surface area contributed by atoms with Gasteiger partial charge < -0.3 is 10.2 Å². The third-order valence-corrected chi connectivity index (χ3v) is 3.71. The second kappa shape index (κ2) is 7.36. The zero-order chi connectivity index (χ0) is 15.2. The molecule has 0 bridgehead atoms. The molecule has 6 heteroatoms. The van der Waals surface area contributed by atoms with E-state index in [0.717, 1.165) is 42.7 Å². The van der Waals surface area contributed by atoms with Gasteiger partial charge in [-0.2, -0.15) is 0 Å². The molecular weight excluding hydrogens is 282 g/mol. The standard InChI is InChI=1S/C15H23N5S/c1-5-6-16-13-7-14(19-15(18-13)11(2)3)20(4)8-12-9-21-10-17-12/h7,9-11H,5-6,8H2,1-4H3,(H,16,18,19). The van der Waals surface area contributed by atoms with Crippen LogP contribution < -0.4 is 10.2 Å². The summed E-state index contributed by atoms with van der Waals surface area (Å²) in [4.78, 5) is 15.7. The number of aromatic nitrogens is 3. The Morgan fingerprint density at radius 1 is 1.33 bits per heavy atom. The monoisotopic (exact) mass is 305 g/mol. The highest BCUT2D eigenvalue weighted by Gasteiger charge is 2.11. The topological polar surface area (TPSA) is 53.9 Å². The summed E-state index contributed by atoms with van der Waals surface area (Å²) in [6.45, 7) is 8.05. The average Bonchev–Trinajstić information content (AvgIpc) is 2.97. The van der Waals surface area contributed by atoms with Gasteiger partial charge in [0.1, 0.15) is 17.5 Å². The highest BCUT2D eigenvalue weighted by molar-refractivity contribution is 7.07. The number of hydrogen-bond donors (Lipinski definition) is 1. The van der Waals surface area contributed by atoms with Crippen LogP contribution in [0, 0.1) is 0 Å². The van der Waals surface area contributed by atoms with Gasteiger partial charge in [-0.25, -0.2) is 15.0 Å². The van der Waals surface area contributed by atoms with E-state index in [4.69, 9.17) is 0 Å². The van der Waals surface area contributed by atoms with Crippen LogP contribution in [0.5, 0.6) is 0 Å². The zero-order valence-electron chi connectivity index (χ0n) is 13.1. The molecule has 0 saturated carbocycles. The maximum atomic E-state index is 4.67. The van der Waals surface area contributed by atoms with Crippen LogP contribution in [0.3, 0.4) is 0 Å². The molecule has 0 aliphatic rings. The molecule has 5 nitrogen and oxygen atoms in total. The molecule has 2 heterocycles. The van der Waals surface area contributed by atoms with Crippen LogP contribution in [0.25, 0.3) is 0 Å². The molecule has 0 unspecified atom stereocenters. The first kappa shape index (κ1) is 15.7. The van der Waals surface area contributed by atoms with Crippen molar-refractivity contribution in [2.75, 3.05) is 23.8 Å². The minimum absolute atomic E-state index is 0.305. The Labute approximate surface area is 130 Å². The second-order valence-corrected chi connectivity index (χ2v) is 6.11. The summed E-state index contributed by atoms with van der Waals surface area (Å²) in [5, 5.41) is 5.42. The number of nitrogens with one attached hydrogen (secondary N) is 1. The first-order valence-electron chi connectivity index (χ1n) is 7.31. The predicted molar refractivity (Wildman–Crippen MR) is 89.1 cm³/mol. The van der Waals surface area contributed by atoms with Crippen LogP contribution in [0.1, 0.15) is 44.6 Å². The van der Waals surface area contributed by atoms with Crippen LogP contribution >= 0.6 is 11.3 Å². The van der Waals surface area contributed by atoms with Crippen LogP contribution in [-0.2, 0) is 6.54 Å². The largest absolute Gasteiger partial charge is 0.370 e. The van der Waals surface area contributed by atoms with Gasteiger partial charge in [0.2, 0.25) is 0 Å². The van der Waals surface area contributed by atoms with Gasteiger partial charge in [0.05, 0.1) is 17.7 Å². The van der Waals surface area contributed by atoms with Gasteiger partial charge in [-0.1, -0.05) is 20.8 Å². The number of thiazole rings is 1. The number of nitrogens with zero attached hydrogens (tertiary/aromatic N) is 4. The highest BCUT2D eigenvalue weighted by Crippen LogP contribution is 2.20. The minimum Gasteiger partial charge on any atom is -0.370 e. The first-order valence-corrected chi connectivity index (χ1v) is 8.25. The molecule has 0 atom stereocenters. The van der Waals surface area contributed by atoms with E-state index in [1.165, 1.54) is 0 Å². The average molecular weight is 305 g/mol. The Morgan fingerprint density at radius 2 is 2.14 bits per heavy atom. The lowest BCUT2D eigenvalue weighted by atomic mass is 10.2. The Kier molecular flexibility index (Phi) is 5.50. The molecule has 2 aromatic heterocycles. The molecule has 21 heavy (non-hydrogen) atoms. The highest BCUT2D eigenvalue weighted by atomic mass is 32.1. The molecule has 0 aliphatic carbocycles. The molecule has 2 rings (SSSR count). The lowest BCUT2D eigenvalue weighted by Gasteiger charge is -2.19. The number of hydrogen-bond acceptors (Lipinski definition) is 6. The van der Waals surface area contributed by atoms with E-state index in [0.29, 0.717) is 5.92 Å². The van der Waals surface area contributed by atoms with Crippen molar-refractivity contribution in [3.63, 3.8) is 0 Å². The smallest absolute Gasteiger partial charge is 0.135 e. The van der Waals surface area contributed by atoms with E-state index in [2.05, 4.69) is 51.3 Å². The van der Waals surface area contributed by atoms with Crippen molar-refractivity contribution in [2.24, 2.45) is 0 Å². The van der Waals surface area contributed by atoms with Crippen LogP contribution in [-0.4, -0.2) is 28.5 Å². The van der Waals surface area contributed by atoms with Crippen molar-refractivity contribution in [3.05, 3.63) is 28.5 Å². The Morgan fingerprint density at radius 3 is 2.76 bits per heavy atom. The van der Waals surface area contributed by atoms with Gasteiger partial charge >= 0.3 is 0 Å². The van der Waals surface area contributed by atoms with E-state index in [1.54, 1.807) is 11.3 Å². The molecule has 0 aromatic carbocycles. The van der Waals surface area contributed by atoms with Gasteiger partial charge in [-0.05, 0) is 6.42 Å². The predicted octanol–water partition coefficient (Wildman–Crippen LogP) is 3.51. The molecule has 0 saturated heterocycles. The molecule has 1 N–H and O–H groups in total. The zero-order valence-corrected chi connectivity index (χ0v) is 13.9. The Bertz CT molecular complexity index is 553. The van der Waals surface area contributed by atoms with E-state index in [9.17, 15) is 0 Å². The van der Waals surface area contributed by atoms with Gasteiger partial charge in [-0.15, -0.1) is 11.3 Å². The van der Waals surface area contributed by atoms with Crippen molar-refractivity contribution in [3.8, 4) is 0 Å². The maximum Gasteiger partial charge on any atom is 0.135 e. The fourth-order valence-electron chi connectivity index (χ4n) is 1.89. The van der Waals surface area contributed by atoms with Gasteiger partial charge in [-0.3, -0.25) is 0 Å². The molecular formula is C15H23N5S. The summed E-state index contributed by atoms with van der Waals surface area (Å²) >= 11 is 1.62. The SMILES string of the molecule is CCCNc1cc(N(C)Cc2cscn2)nc(C(C)C)n1. The van der Waals surface area contributed by atoms with E-state index < -0.39 is 0 Å². The van der Waals surface area contributed by atoms with Crippen molar-refractivity contribution in [1.29, 1.82) is 0 Å². The molecule has 0 fully saturated rings. The molecule has 0 amide bonds.